The fraction of sp³-hybridized carbons (Fsp3) is 0.0833. The molecular formula is C24H19N3O2. The van der Waals surface area contributed by atoms with Crippen molar-refractivity contribution in [3.63, 3.8) is 0 Å². The van der Waals surface area contributed by atoms with E-state index in [0.717, 1.165) is 22.2 Å². The Labute approximate surface area is 167 Å². The number of furan rings is 1. The molecule has 2 aromatic carbocycles. The lowest BCUT2D eigenvalue weighted by atomic mass is 10.1. The number of para-hydroxylation sites is 2. The average Bonchev–Trinajstić information content (AvgIpc) is 3.14. The number of aryl methyl sites for hydroxylation is 2. The molecule has 0 atom stereocenters. The van der Waals surface area contributed by atoms with E-state index >= 15 is 0 Å². The van der Waals surface area contributed by atoms with Gasteiger partial charge in [0, 0.05) is 24.3 Å². The Hall–Kier alpha value is -3.86. The third-order valence-electron chi connectivity index (χ3n) is 5.25. The number of hydrogen-bond donors (Lipinski definition) is 1. The SMILES string of the molecule is Cc1ccccc1Nc1oc2c(c1-c1ccccn1)c(=O)n(C)c1ccccc21. The molecule has 0 saturated heterocycles. The molecule has 142 valence electrons. The number of nitrogens with zero attached hydrogens (tertiary/aromatic N) is 2. The minimum atomic E-state index is -0.110. The van der Waals surface area contributed by atoms with Gasteiger partial charge in [-0.3, -0.25) is 9.78 Å². The summed E-state index contributed by atoms with van der Waals surface area (Å²) in [6.07, 6.45) is 1.72. The highest BCUT2D eigenvalue weighted by Gasteiger charge is 2.23. The van der Waals surface area contributed by atoms with Gasteiger partial charge in [0.1, 0.15) is 0 Å². The molecule has 29 heavy (non-hydrogen) atoms. The van der Waals surface area contributed by atoms with Gasteiger partial charge < -0.3 is 14.3 Å². The molecule has 0 saturated carbocycles. The number of nitrogens with one attached hydrogen (secondary N) is 1. The molecular weight excluding hydrogens is 362 g/mol. The van der Waals surface area contributed by atoms with E-state index in [2.05, 4.69) is 10.3 Å². The van der Waals surface area contributed by atoms with Gasteiger partial charge in [-0.15, -0.1) is 0 Å². The third-order valence-corrected chi connectivity index (χ3v) is 5.25. The average molecular weight is 381 g/mol. The fourth-order valence-corrected chi connectivity index (χ4v) is 3.74. The predicted octanol–water partition coefficient (Wildman–Crippen LogP) is 5.40. The zero-order chi connectivity index (χ0) is 20.0. The Balaban J connectivity index is 1.90. The Morgan fingerprint density at radius 2 is 1.72 bits per heavy atom. The second kappa shape index (κ2) is 6.63. The maximum Gasteiger partial charge on any atom is 0.262 e. The van der Waals surface area contributed by atoms with Crippen molar-refractivity contribution in [2.75, 3.05) is 5.32 Å². The van der Waals surface area contributed by atoms with Crippen molar-refractivity contribution in [2.24, 2.45) is 7.05 Å². The number of anilines is 2. The summed E-state index contributed by atoms with van der Waals surface area (Å²) in [5, 5.41) is 4.80. The minimum Gasteiger partial charge on any atom is -0.439 e. The highest BCUT2D eigenvalue weighted by Crippen LogP contribution is 2.40. The van der Waals surface area contributed by atoms with Gasteiger partial charge in [0.05, 0.1) is 22.2 Å². The summed E-state index contributed by atoms with van der Waals surface area (Å²) in [5.41, 5.74) is 4.66. The van der Waals surface area contributed by atoms with Crippen LogP contribution in [0, 0.1) is 6.92 Å². The van der Waals surface area contributed by atoms with Gasteiger partial charge >= 0.3 is 0 Å². The van der Waals surface area contributed by atoms with Crippen LogP contribution < -0.4 is 10.9 Å². The van der Waals surface area contributed by atoms with Crippen LogP contribution in [0.4, 0.5) is 11.6 Å². The monoisotopic (exact) mass is 381 g/mol. The molecule has 1 N–H and O–H groups in total. The first-order valence-electron chi connectivity index (χ1n) is 9.43. The zero-order valence-corrected chi connectivity index (χ0v) is 16.1. The van der Waals surface area contributed by atoms with Crippen molar-refractivity contribution in [2.45, 2.75) is 6.92 Å². The molecule has 0 aliphatic carbocycles. The van der Waals surface area contributed by atoms with Crippen molar-refractivity contribution >= 4 is 33.4 Å². The van der Waals surface area contributed by atoms with E-state index in [-0.39, 0.29) is 5.56 Å². The molecule has 0 aliphatic heterocycles. The minimum absolute atomic E-state index is 0.110. The number of aromatic nitrogens is 2. The van der Waals surface area contributed by atoms with Crippen molar-refractivity contribution < 1.29 is 4.42 Å². The maximum absolute atomic E-state index is 13.3. The maximum atomic E-state index is 13.3. The van der Waals surface area contributed by atoms with Crippen LogP contribution in [0.1, 0.15) is 5.56 Å². The molecule has 0 spiro atoms. The zero-order valence-electron chi connectivity index (χ0n) is 16.1. The van der Waals surface area contributed by atoms with Gasteiger partial charge in [-0.2, -0.15) is 0 Å². The van der Waals surface area contributed by atoms with Gasteiger partial charge in [-0.1, -0.05) is 36.4 Å². The van der Waals surface area contributed by atoms with Gasteiger partial charge in [-0.25, -0.2) is 0 Å². The highest BCUT2D eigenvalue weighted by molar-refractivity contribution is 6.10. The molecule has 5 aromatic rings. The van der Waals surface area contributed by atoms with Crippen molar-refractivity contribution in [3.8, 4) is 11.3 Å². The van der Waals surface area contributed by atoms with E-state index in [4.69, 9.17) is 4.42 Å². The van der Waals surface area contributed by atoms with E-state index in [1.807, 2.05) is 73.7 Å². The Morgan fingerprint density at radius 1 is 0.966 bits per heavy atom. The molecule has 0 bridgehead atoms. The lowest BCUT2D eigenvalue weighted by Crippen LogP contribution is -2.17. The van der Waals surface area contributed by atoms with Crippen LogP contribution in [0.5, 0.6) is 0 Å². The predicted molar refractivity (Wildman–Crippen MR) is 117 cm³/mol. The summed E-state index contributed by atoms with van der Waals surface area (Å²) in [5.74, 6) is 0.515. The Morgan fingerprint density at radius 3 is 2.52 bits per heavy atom. The van der Waals surface area contributed by atoms with Crippen LogP contribution in [0.15, 0.2) is 82.1 Å². The molecule has 0 aliphatic rings. The van der Waals surface area contributed by atoms with Crippen molar-refractivity contribution in [1.82, 2.24) is 9.55 Å². The molecule has 5 heteroatoms. The quantitative estimate of drug-likeness (QED) is 0.455. The van der Waals surface area contributed by atoms with E-state index in [9.17, 15) is 4.79 Å². The van der Waals surface area contributed by atoms with Gasteiger partial charge in [0.25, 0.3) is 5.56 Å². The summed E-state index contributed by atoms with van der Waals surface area (Å²) in [6, 6.07) is 21.4. The second-order valence-corrected chi connectivity index (χ2v) is 7.05. The molecule has 0 unspecified atom stereocenters. The number of fused-ring (bicyclic) bond motifs is 3. The van der Waals surface area contributed by atoms with Crippen LogP contribution in [-0.2, 0) is 7.05 Å². The van der Waals surface area contributed by atoms with Crippen LogP contribution in [-0.4, -0.2) is 9.55 Å². The van der Waals surface area contributed by atoms with Gasteiger partial charge in [0.15, 0.2) is 5.58 Å². The van der Waals surface area contributed by atoms with Gasteiger partial charge in [-0.05, 0) is 42.8 Å². The normalized spacial score (nSPS) is 11.2. The fourth-order valence-electron chi connectivity index (χ4n) is 3.74. The van der Waals surface area contributed by atoms with E-state index in [1.165, 1.54) is 0 Å². The van der Waals surface area contributed by atoms with Crippen LogP contribution in [0.2, 0.25) is 0 Å². The van der Waals surface area contributed by atoms with E-state index < -0.39 is 0 Å². The topological polar surface area (TPSA) is 60.1 Å². The number of hydrogen-bond acceptors (Lipinski definition) is 4. The summed E-state index contributed by atoms with van der Waals surface area (Å²) >= 11 is 0. The smallest absolute Gasteiger partial charge is 0.262 e. The standard InChI is InChI=1S/C24H19N3O2/c1-15-9-3-5-11-17(15)26-23-20(18-12-7-8-14-25-18)21-22(29-23)16-10-4-6-13-19(16)27(2)24(21)28/h3-14,26H,1-2H3. The summed E-state index contributed by atoms with van der Waals surface area (Å²) in [4.78, 5) is 17.8. The first-order chi connectivity index (χ1) is 14.1. The van der Waals surface area contributed by atoms with Crippen LogP contribution >= 0.6 is 0 Å². The molecule has 0 fully saturated rings. The summed E-state index contributed by atoms with van der Waals surface area (Å²) < 4.78 is 7.96. The van der Waals surface area contributed by atoms with E-state index in [0.29, 0.717) is 28.1 Å². The lowest BCUT2D eigenvalue weighted by Gasteiger charge is -2.08. The first-order valence-corrected chi connectivity index (χ1v) is 9.43. The van der Waals surface area contributed by atoms with Crippen molar-refractivity contribution in [1.29, 1.82) is 0 Å². The number of benzene rings is 2. The summed E-state index contributed by atoms with van der Waals surface area (Å²) in [7, 11) is 1.79. The van der Waals surface area contributed by atoms with Crippen LogP contribution in [0.3, 0.4) is 0 Å². The number of rotatable bonds is 3. The largest absolute Gasteiger partial charge is 0.439 e. The molecule has 0 amide bonds. The molecule has 3 heterocycles. The molecule has 0 radical (unpaired) electrons. The second-order valence-electron chi connectivity index (χ2n) is 7.05. The molecule has 3 aromatic heterocycles. The third kappa shape index (κ3) is 2.70. The van der Waals surface area contributed by atoms with E-state index in [1.54, 1.807) is 17.8 Å². The Bertz CT molecular complexity index is 1420. The van der Waals surface area contributed by atoms with Gasteiger partial charge in [0.2, 0.25) is 5.88 Å². The summed E-state index contributed by atoms with van der Waals surface area (Å²) in [6.45, 7) is 2.03. The molecule has 5 nitrogen and oxygen atoms in total. The molecule has 5 rings (SSSR count). The van der Waals surface area contributed by atoms with Crippen LogP contribution in [0.25, 0.3) is 33.1 Å². The lowest BCUT2D eigenvalue weighted by molar-refractivity contribution is 0.637. The first kappa shape index (κ1) is 17.3. The highest BCUT2D eigenvalue weighted by atomic mass is 16.4. The Kier molecular flexibility index (Phi) is 3.95. The van der Waals surface area contributed by atoms with Crippen molar-refractivity contribution in [3.05, 3.63) is 88.8 Å². The number of pyridine rings is 2.